The van der Waals surface area contributed by atoms with Crippen LogP contribution < -0.4 is 10.1 Å². The number of hydrogen-bond donors (Lipinski definition) is 1. The first-order chi connectivity index (χ1) is 7.67. The van der Waals surface area contributed by atoms with Crippen molar-refractivity contribution in [3.05, 3.63) is 28.8 Å². The lowest BCUT2D eigenvalue weighted by molar-refractivity contribution is 0.276. The summed E-state index contributed by atoms with van der Waals surface area (Å²) in [5, 5.41) is 12.4. The summed E-state index contributed by atoms with van der Waals surface area (Å²) < 4.78 is 5.34. The van der Waals surface area contributed by atoms with E-state index in [0.29, 0.717) is 10.8 Å². The second kappa shape index (κ2) is 6.37. The molecule has 1 rings (SSSR count). The molecule has 0 fully saturated rings. The highest BCUT2D eigenvalue weighted by Crippen LogP contribution is 2.26. The van der Waals surface area contributed by atoms with Gasteiger partial charge in [-0.2, -0.15) is 5.26 Å². The zero-order valence-corrected chi connectivity index (χ0v) is 10.2. The van der Waals surface area contributed by atoms with Crippen LogP contribution in [0.4, 0.5) is 0 Å². The van der Waals surface area contributed by atoms with Crippen molar-refractivity contribution in [2.24, 2.45) is 0 Å². The predicted molar refractivity (Wildman–Crippen MR) is 64.5 cm³/mol. The van der Waals surface area contributed by atoms with E-state index < -0.39 is 6.10 Å². The molecule has 1 aromatic rings. The van der Waals surface area contributed by atoms with Crippen LogP contribution in [0.3, 0.4) is 0 Å². The van der Waals surface area contributed by atoms with E-state index in [-0.39, 0.29) is 0 Å². The van der Waals surface area contributed by atoms with E-state index >= 15 is 0 Å². The number of rotatable bonds is 5. The first-order valence-electron chi connectivity index (χ1n) is 5.22. The van der Waals surface area contributed by atoms with Gasteiger partial charge in [-0.3, -0.25) is 0 Å². The molecule has 1 aromatic carbocycles. The molecule has 0 heterocycles. The Labute approximate surface area is 101 Å². The standard InChI is InChI=1S/C12H15ClN2O/c1-3-15-8-10-4-5-12(11(13)6-10)16-9(2)7-14/h4-6,9,15H,3,8H2,1-2H3. The molecule has 0 saturated carbocycles. The molecule has 4 heteroatoms. The first-order valence-corrected chi connectivity index (χ1v) is 5.60. The Morgan fingerprint density at radius 3 is 2.88 bits per heavy atom. The van der Waals surface area contributed by atoms with Gasteiger partial charge in [0.1, 0.15) is 11.8 Å². The molecule has 3 nitrogen and oxygen atoms in total. The summed E-state index contributed by atoms with van der Waals surface area (Å²) in [6, 6.07) is 7.58. The van der Waals surface area contributed by atoms with Gasteiger partial charge < -0.3 is 10.1 Å². The highest BCUT2D eigenvalue weighted by atomic mass is 35.5. The van der Waals surface area contributed by atoms with E-state index in [4.69, 9.17) is 21.6 Å². The van der Waals surface area contributed by atoms with Crippen molar-refractivity contribution in [2.75, 3.05) is 6.54 Å². The minimum Gasteiger partial charge on any atom is -0.474 e. The van der Waals surface area contributed by atoms with Gasteiger partial charge in [-0.25, -0.2) is 0 Å². The van der Waals surface area contributed by atoms with Crippen LogP contribution in [0.15, 0.2) is 18.2 Å². The summed E-state index contributed by atoms with van der Waals surface area (Å²) >= 11 is 6.05. The number of hydrogen-bond acceptors (Lipinski definition) is 3. The van der Waals surface area contributed by atoms with E-state index in [2.05, 4.69) is 5.32 Å². The summed E-state index contributed by atoms with van der Waals surface area (Å²) in [5.41, 5.74) is 1.10. The molecule has 0 aliphatic rings. The number of nitrogens with zero attached hydrogens (tertiary/aromatic N) is 1. The van der Waals surface area contributed by atoms with E-state index in [1.165, 1.54) is 0 Å². The largest absolute Gasteiger partial charge is 0.474 e. The van der Waals surface area contributed by atoms with Crippen LogP contribution in [0, 0.1) is 11.3 Å². The van der Waals surface area contributed by atoms with Crippen molar-refractivity contribution < 1.29 is 4.74 Å². The predicted octanol–water partition coefficient (Wildman–Crippen LogP) is 2.74. The second-order valence-corrected chi connectivity index (χ2v) is 3.84. The maximum Gasteiger partial charge on any atom is 0.181 e. The quantitative estimate of drug-likeness (QED) is 0.858. The van der Waals surface area contributed by atoms with Gasteiger partial charge in [-0.05, 0) is 31.2 Å². The summed E-state index contributed by atoms with van der Waals surface area (Å²) in [7, 11) is 0. The van der Waals surface area contributed by atoms with Crippen molar-refractivity contribution in [3.8, 4) is 11.8 Å². The molecule has 0 aliphatic carbocycles. The molecule has 0 radical (unpaired) electrons. The fourth-order valence-corrected chi connectivity index (χ4v) is 1.48. The smallest absolute Gasteiger partial charge is 0.181 e. The first kappa shape index (κ1) is 12.8. The van der Waals surface area contributed by atoms with Gasteiger partial charge in [0.25, 0.3) is 0 Å². The average molecular weight is 239 g/mol. The third-order valence-electron chi connectivity index (χ3n) is 2.06. The van der Waals surface area contributed by atoms with Crippen LogP contribution in [-0.4, -0.2) is 12.6 Å². The molecule has 86 valence electrons. The molecule has 0 amide bonds. The van der Waals surface area contributed by atoms with Crippen molar-refractivity contribution in [1.29, 1.82) is 5.26 Å². The van der Waals surface area contributed by atoms with Gasteiger partial charge in [0, 0.05) is 6.54 Å². The van der Waals surface area contributed by atoms with Crippen molar-refractivity contribution >= 4 is 11.6 Å². The van der Waals surface area contributed by atoms with E-state index in [9.17, 15) is 0 Å². The molecular formula is C12H15ClN2O. The Hall–Kier alpha value is -1.24. The summed E-state index contributed by atoms with van der Waals surface area (Å²) in [4.78, 5) is 0. The highest BCUT2D eigenvalue weighted by molar-refractivity contribution is 6.32. The minimum absolute atomic E-state index is 0.489. The number of nitriles is 1. The Balaban J connectivity index is 2.72. The fourth-order valence-electron chi connectivity index (χ4n) is 1.24. The van der Waals surface area contributed by atoms with Crippen LogP contribution in [0.25, 0.3) is 0 Å². The molecule has 0 bridgehead atoms. The van der Waals surface area contributed by atoms with Gasteiger partial charge in [0.15, 0.2) is 6.10 Å². The van der Waals surface area contributed by atoms with Gasteiger partial charge in [-0.1, -0.05) is 24.6 Å². The minimum atomic E-state index is -0.489. The van der Waals surface area contributed by atoms with Gasteiger partial charge in [-0.15, -0.1) is 0 Å². The van der Waals surface area contributed by atoms with Gasteiger partial charge >= 0.3 is 0 Å². The number of halogens is 1. The van der Waals surface area contributed by atoms with E-state index in [1.54, 1.807) is 13.0 Å². The lowest BCUT2D eigenvalue weighted by Crippen LogP contribution is -2.12. The van der Waals surface area contributed by atoms with E-state index in [0.717, 1.165) is 18.7 Å². The maximum absolute atomic E-state index is 8.63. The molecule has 1 unspecified atom stereocenters. The molecule has 0 aliphatic heterocycles. The zero-order valence-electron chi connectivity index (χ0n) is 9.46. The number of benzene rings is 1. The van der Waals surface area contributed by atoms with Crippen molar-refractivity contribution in [1.82, 2.24) is 5.32 Å². The second-order valence-electron chi connectivity index (χ2n) is 3.43. The third kappa shape index (κ3) is 3.73. The Morgan fingerprint density at radius 1 is 1.56 bits per heavy atom. The Morgan fingerprint density at radius 2 is 2.31 bits per heavy atom. The SMILES string of the molecule is CCNCc1ccc(OC(C)C#N)c(Cl)c1. The fraction of sp³-hybridized carbons (Fsp3) is 0.417. The number of ether oxygens (including phenoxy) is 1. The van der Waals surface area contributed by atoms with Crippen LogP contribution >= 0.6 is 11.6 Å². The topological polar surface area (TPSA) is 45.0 Å². The lowest BCUT2D eigenvalue weighted by atomic mass is 10.2. The zero-order chi connectivity index (χ0) is 12.0. The summed E-state index contributed by atoms with van der Waals surface area (Å²) in [6.07, 6.45) is -0.489. The summed E-state index contributed by atoms with van der Waals surface area (Å²) in [5.74, 6) is 0.552. The third-order valence-corrected chi connectivity index (χ3v) is 2.36. The van der Waals surface area contributed by atoms with Crippen molar-refractivity contribution in [3.63, 3.8) is 0 Å². The summed E-state index contributed by atoms with van der Waals surface area (Å²) in [6.45, 7) is 5.43. The average Bonchev–Trinajstić information content (AvgIpc) is 2.29. The molecule has 1 N–H and O–H groups in total. The van der Waals surface area contributed by atoms with Crippen molar-refractivity contribution in [2.45, 2.75) is 26.5 Å². The van der Waals surface area contributed by atoms with Crippen LogP contribution in [-0.2, 0) is 6.54 Å². The van der Waals surface area contributed by atoms with Crippen LogP contribution in [0.5, 0.6) is 5.75 Å². The van der Waals surface area contributed by atoms with Crippen LogP contribution in [0.2, 0.25) is 5.02 Å². The molecule has 16 heavy (non-hydrogen) atoms. The lowest BCUT2D eigenvalue weighted by Gasteiger charge is -2.10. The van der Waals surface area contributed by atoms with Gasteiger partial charge in [0.05, 0.1) is 5.02 Å². The Bertz CT molecular complexity index is 387. The maximum atomic E-state index is 8.63. The van der Waals surface area contributed by atoms with Gasteiger partial charge in [0.2, 0.25) is 0 Å². The molecular weight excluding hydrogens is 224 g/mol. The van der Waals surface area contributed by atoms with E-state index in [1.807, 2.05) is 25.1 Å². The highest BCUT2D eigenvalue weighted by Gasteiger charge is 2.06. The Kier molecular flexibility index (Phi) is 5.10. The van der Waals surface area contributed by atoms with Crippen LogP contribution in [0.1, 0.15) is 19.4 Å². The molecule has 1 atom stereocenters. The molecule has 0 aromatic heterocycles. The normalized spacial score (nSPS) is 11.9. The number of nitrogens with one attached hydrogen (secondary N) is 1. The molecule has 0 saturated heterocycles. The monoisotopic (exact) mass is 238 g/mol. The molecule has 0 spiro atoms.